The van der Waals surface area contributed by atoms with Crippen LogP contribution in [0.5, 0.6) is 5.06 Å². The first-order valence-corrected chi connectivity index (χ1v) is 12.7. The molecule has 2 aromatic heterocycles. The summed E-state index contributed by atoms with van der Waals surface area (Å²) < 4.78 is 5.54. The number of nitrogens with one attached hydrogen (secondary N) is 2. The molecule has 0 radical (unpaired) electrons. The van der Waals surface area contributed by atoms with Crippen molar-refractivity contribution in [3.05, 3.63) is 76.3 Å². The molecular weight excluding hydrogens is 474 g/mol. The zero-order valence-electron chi connectivity index (χ0n) is 19.9. The number of thiophene rings is 1. The quantitative estimate of drug-likeness (QED) is 0.348. The molecule has 36 heavy (non-hydrogen) atoms. The highest BCUT2D eigenvalue weighted by Crippen LogP contribution is 2.27. The van der Waals surface area contributed by atoms with Gasteiger partial charge in [-0.1, -0.05) is 36.4 Å². The maximum absolute atomic E-state index is 12.7. The molecule has 0 bridgehead atoms. The second-order valence-corrected chi connectivity index (χ2v) is 9.61. The highest BCUT2D eigenvalue weighted by molar-refractivity contribution is 7.12. The number of carbonyl (C=O) groups is 2. The lowest BCUT2D eigenvalue weighted by molar-refractivity contribution is -0.119. The first kappa shape index (κ1) is 23.8. The minimum atomic E-state index is -0.530. The van der Waals surface area contributed by atoms with Crippen molar-refractivity contribution >= 4 is 52.6 Å². The van der Waals surface area contributed by atoms with Gasteiger partial charge >= 0.3 is 6.09 Å². The van der Waals surface area contributed by atoms with Gasteiger partial charge < -0.3 is 9.64 Å². The SMILES string of the molecule is Cc1ccsc1OC(=O)Nc1cc(CN2CCN(C=O)CC2)ccc1/C=C/c1n[nH]c2ccccc12. The number of carbonyl (C=O) groups excluding carboxylic acids is 2. The Balaban J connectivity index is 1.38. The highest BCUT2D eigenvalue weighted by Gasteiger charge is 2.17. The van der Waals surface area contributed by atoms with Gasteiger partial charge in [-0.3, -0.25) is 20.1 Å². The van der Waals surface area contributed by atoms with Crippen molar-refractivity contribution in [3.63, 3.8) is 0 Å². The van der Waals surface area contributed by atoms with Crippen LogP contribution in [0.2, 0.25) is 0 Å². The van der Waals surface area contributed by atoms with E-state index in [0.717, 1.165) is 72.4 Å². The lowest BCUT2D eigenvalue weighted by Crippen LogP contribution is -2.45. The number of anilines is 1. The Labute approximate surface area is 213 Å². The first-order valence-electron chi connectivity index (χ1n) is 11.8. The molecule has 1 aliphatic rings. The monoisotopic (exact) mass is 501 g/mol. The number of para-hydroxylation sites is 1. The van der Waals surface area contributed by atoms with Gasteiger partial charge in [0.1, 0.15) is 0 Å². The molecule has 9 heteroatoms. The van der Waals surface area contributed by atoms with Crippen LogP contribution in [-0.4, -0.2) is 58.7 Å². The number of hydrogen-bond donors (Lipinski definition) is 2. The molecule has 0 spiro atoms. The van der Waals surface area contributed by atoms with Crippen LogP contribution in [0.3, 0.4) is 0 Å². The first-order chi connectivity index (χ1) is 17.6. The maximum Gasteiger partial charge on any atom is 0.417 e. The molecule has 0 unspecified atom stereocenters. The van der Waals surface area contributed by atoms with Gasteiger partial charge in [-0.15, -0.1) is 11.3 Å². The number of aryl methyl sites for hydroxylation is 1. The predicted molar refractivity (Wildman–Crippen MR) is 143 cm³/mol. The second-order valence-electron chi connectivity index (χ2n) is 8.73. The number of hydrogen-bond acceptors (Lipinski definition) is 6. The fourth-order valence-electron chi connectivity index (χ4n) is 4.20. The van der Waals surface area contributed by atoms with E-state index < -0.39 is 6.09 Å². The minimum Gasteiger partial charge on any atom is -0.399 e. The van der Waals surface area contributed by atoms with Gasteiger partial charge in [0.25, 0.3) is 0 Å². The lowest BCUT2D eigenvalue weighted by atomic mass is 10.1. The normalized spacial score (nSPS) is 14.4. The van der Waals surface area contributed by atoms with E-state index in [1.807, 2.05) is 66.9 Å². The van der Waals surface area contributed by atoms with Gasteiger partial charge in [-0.2, -0.15) is 5.10 Å². The van der Waals surface area contributed by atoms with Crippen molar-refractivity contribution < 1.29 is 14.3 Å². The molecule has 8 nitrogen and oxygen atoms in total. The van der Waals surface area contributed by atoms with Crippen LogP contribution in [0.4, 0.5) is 10.5 Å². The van der Waals surface area contributed by atoms with Crippen LogP contribution in [0.25, 0.3) is 23.1 Å². The number of rotatable bonds is 7. The van der Waals surface area contributed by atoms with E-state index in [4.69, 9.17) is 4.74 Å². The van der Waals surface area contributed by atoms with Crippen molar-refractivity contribution in [3.8, 4) is 5.06 Å². The summed E-state index contributed by atoms with van der Waals surface area (Å²) in [5.41, 5.74) is 5.29. The number of H-pyrrole nitrogens is 1. The van der Waals surface area contributed by atoms with Gasteiger partial charge in [0, 0.05) is 43.7 Å². The van der Waals surface area contributed by atoms with Crippen molar-refractivity contribution in [2.75, 3.05) is 31.5 Å². The average Bonchev–Trinajstić information content (AvgIpc) is 3.49. The molecule has 0 aliphatic carbocycles. The van der Waals surface area contributed by atoms with Crippen LogP contribution < -0.4 is 10.1 Å². The zero-order chi connectivity index (χ0) is 24.9. The molecule has 4 aromatic rings. The summed E-state index contributed by atoms with van der Waals surface area (Å²) >= 11 is 1.39. The van der Waals surface area contributed by atoms with E-state index in [-0.39, 0.29) is 0 Å². The van der Waals surface area contributed by atoms with Crippen LogP contribution >= 0.6 is 11.3 Å². The minimum absolute atomic E-state index is 0.530. The Morgan fingerprint density at radius 1 is 1.14 bits per heavy atom. The number of aromatic nitrogens is 2. The van der Waals surface area contributed by atoms with Crippen LogP contribution in [0.15, 0.2) is 53.9 Å². The van der Waals surface area contributed by atoms with Crippen molar-refractivity contribution in [2.24, 2.45) is 0 Å². The van der Waals surface area contributed by atoms with Crippen LogP contribution in [0, 0.1) is 6.92 Å². The molecule has 2 amide bonds. The molecular formula is C27H27N5O3S. The van der Waals surface area contributed by atoms with E-state index in [9.17, 15) is 9.59 Å². The molecule has 5 rings (SSSR count). The number of piperazine rings is 1. The van der Waals surface area contributed by atoms with Crippen molar-refractivity contribution in [1.29, 1.82) is 0 Å². The number of ether oxygens (including phenoxy) is 1. The Morgan fingerprint density at radius 2 is 1.97 bits per heavy atom. The third kappa shape index (κ3) is 5.48. The number of benzene rings is 2. The average molecular weight is 502 g/mol. The Hall–Kier alpha value is -3.95. The Morgan fingerprint density at radius 3 is 2.75 bits per heavy atom. The summed E-state index contributed by atoms with van der Waals surface area (Å²) in [5, 5.41) is 13.9. The Kier molecular flexibility index (Phi) is 7.11. The molecule has 1 saturated heterocycles. The number of aromatic amines is 1. The van der Waals surface area contributed by atoms with E-state index in [1.54, 1.807) is 4.90 Å². The zero-order valence-corrected chi connectivity index (χ0v) is 20.8. The van der Waals surface area contributed by atoms with Gasteiger partial charge in [0.05, 0.1) is 16.9 Å². The largest absolute Gasteiger partial charge is 0.417 e. The molecule has 2 aromatic carbocycles. The van der Waals surface area contributed by atoms with E-state index in [1.165, 1.54) is 11.3 Å². The van der Waals surface area contributed by atoms with E-state index in [0.29, 0.717) is 10.8 Å². The highest BCUT2D eigenvalue weighted by atomic mass is 32.1. The summed E-state index contributed by atoms with van der Waals surface area (Å²) in [6.07, 6.45) is 4.26. The number of amides is 2. The number of nitrogens with zero attached hydrogens (tertiary/aromatic N) is 3. The van der Waals surface area contributed by atoms with Crippen molar-refractivity contribution in [1.82, 2.24) is 20.0 Å². The van der Waals surface area contributed by atoms with Crippen molar-refractivity contribution in [2.45, 2.75) is 13.5 Å². The fraction of sp³-hybridized carbons (Fsp3) is 0.222. The standard InChI is InChI=1S/C27H27N5O3S/c1-19-10-15-36-26(19)35-27(34)28-25-16-20(17-31-11-13-32(18-33)14-12-31)6-7-21(25)8-9-24-22-4-2-3-5-23(22)29-30-24/h2-10,15-16,18H,11-14,17H2,1H3,(H,28,34)(H,29,30)/b9-8+. The molecule has 1 fully saturated rings. The lowest BCUT2D eigenvalue weighted by Gasteiger charge is -2.32. The summed E-state index contributed by atoms with van der Waals surface area (Å²) in [4.78, 5) is 27.8. The summed E-state index contributed by atoms with van der Waals surface area (Å²) in [5.74, 6) is 0. The molecule has 0 atom stereocenters. The van der Waals surface area contributed by atoms with Gasteiger partial charge in [0.2, 0.25) is 6.41 Å². The summed E-state index contributed by atoms with van der Waals surface area (Å²) in [7, 11) is 0. The predicted octanol–water partition coefficient (Wildman–Crippen LogP) is 4.99. The van der Waals surface area contributed by atoms with Gasteiger partial charge in [-0.25, -0.2) is 4.79 Å². The molecule has 184 valence electrons. The number of fused-ring (bicyclic) bond motifs is 1. The fourth-order valence-corrected chi connectivity index (χ4v) is 4.98. The second kappa shape index (κ2) is 10.8. The van der Waals surface area contributed by atoms with Gasteiger partial charge in [0.15, 0.2) is 5.06 Å². The van der Waals surface area contributed by atoms with Crippen LogP contribution in [-0.2, 0) is 11.3 Å². The summed E-state index contributed by atoms with van der Waals surface area (Å²) in [6, 6.07) is 15.9. The smallest absolute Gasteiger partial charge is 0.399 e. The summed E-state index contributed by atoms with van der Waals surface area (Å²) in [6.45, 7) is 5.71. The molecule has 1 aliphatic heterocycles. The third-order valence-corrected chi connectivity index (χ3v) is 7.13. The Bertz CT molecular complexity index is 1400. The maximum atomic E-state index is 12.7. The van der Waals surface area contributed by atoms with Crippen LogP contribution in [0.1, 0.15) is 22.4 Å². The molecule has 3 heterocycles. The van der Waals surface area contributed by atoms with E-state index in [2.05, 4.69) is 26.5 Å². The van der Waals surface area contributed by atoms with E-state index >= 15 is 0 Å². The molecule has 2 N–H and O–H groups in total. The topological polar surface area (TPSA) is 90.6 Å². The molecule has 0 saturated carbocycles. The third-order valence-electron chi connectivity index (χ3n) is 6.24. The van der Waals surface area contributed by atoms with Gasteiger partial charge in [-0.05, 0) is 47.7 Å².